The third-order valence-corrected chi connectivity index (χ3v) is 2.59. The number of alkyl halides is 3. The molecule has 94 valence electrons. The van der Waals surface area contributed by atoms with Crippen molar-refractivity contribution in [1.29, 1.82) is 0 Å². The Labute approximate surface area is 103 Å². The fourth-order valence-corrected chi connectivity index (χ4v) is 1.81. The van der Waals surface area contributed by atoms with Crippen LogP contribution in [0, 0.1) is 13.8 Å². The summed E-state index contributed by atoms with van der Waals surface area (Å²) in [6.07, 6.45) is -4.30. The molecule has 1 heterocycles. The van der Waals surface area contributed by atoms with E-state index < -0.39 is 11.7 Å². The monoisotopic (exact) mass is 253 g/mol. The first-order valence-corrected chi connectivity index (χ1v) is 5.45. The first-order chi connectivity index (χ1) is 8.36. The van der Waals surface area contributed by atoms with Crippen LogP contribution in [0.5, 0.6) is 0 Å². The summed E-state index contributed by atoms with van der Waals surface area (Å²) in [6.45, 7) is 3.61. The average molecular weight is 253 g/mol. The lowest BCUT2D eigenvalue weighted by Crippen LogP contribution is -2.03. The van der Waals surface area contributed by atoms with Gasteiger partial charge in [0, 0.05) is 12.1 Å². The first kappa shape index (κ1) is 12.6. The van der Waals surface area contributed by atoms with Gasteiger partial charge in [0.2, 0.25) is 0 Å². The maximum atomic E-state index is 12.4. The lowest BCUT2D eigenvalue weighted by atomic mass is 10.0. The van der Waals surface area contributed by atoms with E-state index in [1.54, 1.807) is 26.0 Å². The second-order valence-electron chi connectivity index (χ2n) is 4.14. The SMILES string of the molecule is Cc1cc(-c2ccc(C(F)(F)F)cc2)cc(C)[o+]1. The van der Waals surface area contributed by atoms with Gasteiger partial charge in [-0.15, -0.1) is 0 Å². The molecule has 0 bridgehead atoms. The van der Waals surface area contributed by atoms with E-state index in [0.29, 0.717) is 0 Å². The summed E-state index contributed by atoms with van der Waals surface area (Å²) in [5, 5.41) is 0. The van der Waals surface area contributed by atoms with Gasteiger partial charge in [-0.1, -0.05) is 12.1 Å². The largest absolute Gasteiger partial charge is 0.416 e. The van der Waals surface area contributed by atoms with Crippen LogP contribution >= 0.6 is 0 Å². The van der Waals surface area contributed by atoms with Crippen molar-refractivity contribution in [3.63, 3.8) is 0 Å². The highest BCUT2D eigenvalue weighted by atomic mass is 19.4. The predicted molar refractivity (Wildman–Crippen MR) is 63.0 cm³/mol. The van der Waals surface area contributed by atoms with E-state index in [9.17, 15) is 13.2 Å². The molecule has 1 aromatic carbocycles. The van der Waals surface area contributed by atoms with Crippen LogP contribution in [-0.2, 0) is 6.18 Å². The summed E-state index contributed by atoms with van der Waals surface area (Å²) in [4.78, 5) is 0. The minimum Gasteiger partial charge on any atom is -0.218 e. The Morgan fingerprint density at radius 1 is 0.833 bits per heavy atom. The van der Waals surface area contributed by atoms with Gasteiger partial charge >= 0.3 is 17.7 Å². The molecule has 4 heteroatoms. The standard InChI is InChI=1S/C14H12F3O/c1-9-7-12(8-10(2)18-9)11-3-5-13(6-4-11)14(15,16)17/h3-8H,1-2H3/q+1. The Kier molecular flexibility index (Phi) is 3.11. The molecule has 1 nitrogen and oxygen atoms in total. The van der Waals surface area contributed by atoms with Crippen molar-refractivity contribution in [3.05, 3.63) is 53.5 Å². The lowest BCUT2D eigenvalue weighted by Gasteiger charge is -2.07. The van der Waals surface area contributed by atoms with Gasteiger partial charge in [-0.2, -0.15) is 13.2 Å². The number of hydrogen-bond donors (Lipinski definition) is 0. The van der Waals surface area contributed by atoms with Crippen molar-refractivity contribution < 1.29 is 17.6 Å². The molecule has 0 aliphatic heterocycles. The first-order valence-electron chi connectivity index (χ1n) is 5.45. The molecule has 18 heavy (non-hydrogen) atoms. The van der Waals surface area contributed by atoms with Crippen LogP contribution < -0.4 is 0 Å². The fourth-order valence-electron chi connectivity index (χ4n) is 1.81. The Balaban J connectivity index is 2.40. The van der Waals surface area contributed by atoms with Gasteiger partial charge in [0.25, 0.3) is 0 Å². The molecular formula is C14H12F3O+. The Morgan fingerprint density at radius 3 is 1.78 bits per heavy atom. The van der Waals surface area contributed by atoms with E-state index in [1.807, 2.05) is 0 Å². The highest BCUT2D eigenvalue weighted by Crippen LogP contribution is 2.31. The van der Waals surface area contributed by atoms with E-state index in [4.69, 9.17) is 4.42 Å². The molecule has 0 aliphatic carbocycles. The van der Waals surface area contributed by atoms with Gasteiger partial charge in [0.1, 0.15) is 0 Å². The van der Waals surface area contributed by atoms with Crippen LogP contribution in [0.2, 0.25) is 0 Å². The van der Waals surface area contributed by atoms with Crippen LogP contribution in [0.25, 0.3) is 11.1 Å². The van der Waals surface area contributed by atoms with Crippen LogP contribution in [0.15, 0.2) is 40.8 Å². The van der Waals surface area contributed by atoms with Crippen LogP contribution in [0.3, 0.4) is 0 Å². The van der Waals surface area contributed by atoms with E-state index in [2.05, 4.69) is 0 Å². The molecule has 0 radical (unpaired) electrons. The molecule has 0 saturated heterocycles. The van der Waals surface area contributed by atoms with E-state index in [0.717, 1.165) is 34.8 Å². The van der Waals surface area contributed by atoms with Crippen molar-refractivity contribution in [3.8, 4) is 11.1 Å². The minimum absolute atomic E-state index is 0.639. The van der Waals surface area contributed by atoms with Gasteiger partial charge in [-0.25, -0.2) is 4.42 Å². The summed E-state index contributed by atoms with van der Waals surface area (Å²) in [6, 6.07) is 8.72. The number of benzene rings is 1. The Hall–Kier alpha value is -1.84. The van der Waals surface area contributed by atoms with Gasteiger partial charge in [0.05, 0.1) is 19.4 Å². The van der Waals surface area contributed by atoms with Crippen molar-refractivity contribution >= 4 is 0 Å². The van der Waals surface area contributed by atoms with E-state index in [-0.39, 0.29) is 0 Å². The van der Waals surface area contributed by atoms with Crippen LogP contribution in [0.4, 0.5) is 13.2 Å². The lowest BCUT2D eigenvalue weighted by molar-refractivity contribution is -0.137. The average Bonchev–Trinajstić information content (AvgIpc) is 2.27. The Bertz CT molecular complexity index is 536. The summed E-state index contributed by atoms with van der Waals surface area (Å²) < 4.78 is 42.6. The molecule has 0 aliphatic rings. The van der Waals surface area contributed by atoms with E-state index in [1.165, 1.54) is 12.1 Å². The fraction of sp³-hybridized carbons (Fsp3) is 0.214. The minimum atomic E-state index is -4.30. The molecule has 0 fully saturated rings. The predicted octanol–water partition coefficient (Wildman–Crippen LogP) is 4.86. The molecule has 2 rings (SSSR count). The summed E-state index contributed by atoms with van der Waals surface area (Å²) in [5.74, 6) is 1.45. The summed E-state index contributed by atoms with van der Waals surface area (Å²) in [5.41, 5.74) is 0.954. The van der Waals surface area contributed by atoms with Crippen molar-refractivity contribution in [2.75, 3.05) is 0 Å². The van der Waals surface area contributed by atoms with Gasteiger partial charge in [-0.3, -0.25) is 0 Å². The van der Waals surface area contributed by atoms with Crippen LogP contribution in [-0.4, -0.2) is 0 Å². The molecule has 0 spiro atoms. The highest BCUT2D eigenvalue weighted by molar-refractivity contribution is 5.64. The van der Waals surface area contributed by atoms with Gasteiger partial charge in [0.15, 0.2) is 0 Å². The van der Waals surface area contributed by atoms with Gasteiger partial charge in [-0.05, 0) is 23.3 Å². The normalized spacial score (nSPS) is 11.6. The molecule has 2 aromatic rings. The smallest absolute Gasteiger partial charge is 0.218 e. The van der Waals surface area contributed by atoms with Crippen molar-refractivity contribution in [1.82, 2.24) is 0 Å². The molecule has 0 N–H and O–H groups in total. The molecule has 0 saturated carbocycles. The van der Waals surface area contributed by atoms with Crippen LogP contribution in [0.1, 0.15) is 17.1 Å². The van der Waals surface area contributed by atoms with Crippen molar-refractivity contribution in [2.24, 2.45) is 0 Å². The maximum absolute atomic E-state index is 12.4. The highest BCUT2D eigenvalue weighted by Gasteiger charge is 2.30. The number of halogens is 3. The zero-order valence-electron chi connectivity index (χ0n) is 10.0. The number of rotatable bonds is 1. The zero-order chi connectivity index (χ0) is 13.3. The third-order valence-electron chi connectivity index (χ3n) is 2.59. The maximum Gasteiger partial charge on any atom is 0.416 e. The molecule has 0 atom stereocenters. The topological polar surface area (TPSA) is 11.3 Å². The third kappa shape index (κ3) is 2.70. The summed E-state index contributed by atoms with van der Waals surface area (Å²) in [7, 11) is 0. The molecule has 1 aromatic heterocycles. The second kappa shape index (κ2) is 4.44. The summed E-state index contributed by atoms with van der Waals surface area (Å²) >= 11 is 0. The number of hydrogen-bond acceptors (Lipinski definition) is 0. The molecule has 0 unspecified atom stereocenters. The molecular weight excluding hydrogens is 241 g/mol. The van der Waals surface area contributed by atoms with Crippen molar-refractivity contribution in [2.45, 2.75) is 20.0 Å². The van der Waals surface area contributed by atoms with Gasteiger partial charge < -0.3 is 0 Å². The quantitative estimate of drug-likeness (QED) is 0.660. The number of aryl methyl sites for hydroxylation is 2. The molecule has 0 amide bonds. The second-order valence-corrected chi connectivity index (χ2v) is 4.14. The van der Waals surface area contributed by atoms with E-state index >= 15 is 0 Å². The Morgan fingerprint density at radius 2 is 1.33 bits per heavy atom. The zero-order valence-corrected chi connectivity index (χ0v) is 10.0.